The van der Waals surface area contributed by atoms with Crippen LogP contribution in [0.15, 0.2) is 42.5 Å². The Morgan fingerprint density at radius 3 is 2.45 bits per heavy atom. The summed E-state index contributed by atoms with van der Waals surface area (Å²) in [5.74, 6) is -0.203. The molecule has 0 unspecified atom stereocenters. The van der Waals surface area contributed by atoms with E-state index in [1.54, 1.807) is 49.5 Å². The number of nitrogens with two attached hydrogens (primary N) is 1. The van der Waals surface area contributed by atoms with Crippen LogP contribution in [0, 0.1) is 0 Å². The number of hydrogen-bond donors (Lipinski definition) is 1. The van der Waals surface area contributed by atoms with Gasteiger partial charge < -0.3 is 10.6 Å². The summed E-state index contributed by atoms with van der Waals surface area (Å²) >= 11 is 5.91. The van der Waals surface area contributed by atoms with Gasteiger partial charge >= 0.3 is 0 Å². The highest BCUT2D eigenvalue weighted by molar-refractivity contribution is 6.34. The number of carbonyl (C=O) groups is 2. The van der Waals surface area contributed by atoms with Crippen LogP contribution < -0.4 is 10.6 Å². The maximum absolute atomic E-state index is 12.3. The summed E-state index contributed by atoms with van der Waals surface area (Å²) in [6.07, 6.45) is 0.700. The van der Waals surface area contributed by atoms with E-state index in [9.17, 15) is 9.59 Å². The third-order valence-electron chi connectivity index (χ3n) is 2.99. The SMILES string of the molecule is CN(C=O)c1ccc(C(=O)c2cccc(Cl)c2N)cc1. The average molecular weight is 289 g/mol. The molecule has 2 rings (SSSR count). The molecule has 0 saturated heterocycles. The number of amides is 1. The molecule has 0 aliphatic rings. The van der Waals surface area contributed by atoms with Crippen molar-refractivity contribution in [3.05, 3.63) is 58.6 Å². The zero-order valence-electron chi connectivity index (χ0n) is 10.8. The first kappa shape index (κ1) is 14.1. The fourth-order valence-electron chi connectivity index (χ4n) is 1.80. The molecule has 0 heterocycles. The highest BCUT2D eigenvalue weighted by Gasteiger charge is 2.14. The molecule has 102 valence electrons. The smallest absolute Gasteiger partial charge is 0.213 e. The van der Waals surface area contributed by atoms with Gasteiger partial charge in [-0.1, -0.05) is 17.7 Å². The van der Waals surface area contributed by atoms with E-state index in [2.05, 4.69) is 0 Å². The topological polar surface area (TPSA) is 63.4 Å². The second-order valence-electron chi connectivity index (χ2n) is 4.29. The van der Waals surface area contributed by atoms with Gasteiger partial charge in [-0.05, 0) is 36.4 Å². The van der Waals surface area contributed by atoms with Crippen molar-refractivity contribution in [3.8, 4) is 0 Å². The lowest BCUT2D eigenvalue weighted by Crippen LogP contribution is -2.13. The molecule has 0 aliphatic carbocycles. The quantitative estimate of drug-likeness (QED) is 0.534. The summed E-state index contributed by atoms with van der Waals surface area (Å²) in [6, 6.07) is 11.6. The van der Waals surface area contributed by atoms with E-state index in [0.29, 0.717) is 28.2 Å². The van der Waals surface area contributed by atoms with Gasteiger partial charge in [0, 0.05) is 23.9 Å². The fourth-order valence-corrected chi connectivity index (χ4v) is 1.97. The normalized spacial score (nSPS) is 10.1. The number of anilines is 2. The van der Waals surface area contributed by atoms with Gasteiger partial charge in [-0.3, -0.25) is 9.59 Å². The van der Waals surface area contributed by atoms with Crippen LogP contribution in [-0.2, 0) is 4.79 Å². The minimum atomic E-state index is -0.203. The molecule has 20 heavy (non-hydrogen) atoms. The average Bonchev–Trinajstić information content (AvgIpc) is 2.48. The predicted molar refractivity (Wildman–Crippen MR) is 80.2 cm³/mol. The predicted octanol–water partition coefficient (Wildman–Crippen LogP) is 2.75. The van der Waals surface area contributed by atoms with Gasteiger partial charge in [0.15, 0.2) is 5.78 Å². The standard InChI is InChI=1S/C15H13ClN2O2/c1-18(9-19)11-7-5-10(6-8-11)15(20)12-3-2-4-13(16)14(12)17/h2-9H,17H2,1H3. The summed E-state index contributed by atoms with van der Waals surface area (Å²) in [7, 11) is 1.64. The molecule has 0 spiro atoms. The molecule has 4 nitrogen and oxygen atoms in total. The van der Waals surface area contributed by atoms with Crippen LogP contribution in [-0.4, -0.2) is 19.2 Å². The number of hydrogen-bond acceptors (Lipinski definition) is 3. The summed E-state index contributed by atoms with van der Waals surface area (Å²) in [6.45, 7) is 0. The summed E-state index contributed by atoms with van der Waals surface area (Å²) in [5.41, 5.74) is 7.65. The highest BCUT2D eigenvalue weighted by Crippen LogP contribution is 2.25. The van der Waals surface area contributed by atoms with Crippen LogP contribution in [0.1, 0.15) is 15.9 Å². The van der Waals surface area contributed by atoms with Crippen LogP contribution in [0.5, 0.6) is 0 Å². The lowest BCUT2D eigenvalue weighted by atomic mass is 10.0. The molecule has 5 heteroatoms. The van der Waals surface area contributed by atoms with E-state index in [1.165, 1.54) is 4.90 Å². The first-order valence-corrected chi connectivity index (χ1v) is 6.29. The van der Waals surface area contributed by atoms with Crippen molar-refractivity contribution in [3.63, 3.8) is 0 Å². The zero-order valence-corrected chi connectivity index (χ0v) is 11.6. The van der Waals surface area contributed by atoms with E-state index in [0.717, 1.165) is 0 Å². The minimum Gasteiger partial charge on any atom is -0.397 e. The van der Waals surface area contributed by atoms with Crippen LogP contribution in [0.3, 0.4) is 0 Å². The van der Waals surface area contributed by atoms with E-state index >= 15 is 0 Å². The van der Waals surface area contributed by atoms with Crippen molar-refractivity contribution in [2.75, 3.05) is 17.7 Å². The Hall–Kier alpha value is -2.33. The molecule has 0 aliphatic heterocycles. The van der Waals surface area contributed by atoms with Crippen LogP contribution in [0.25, 0.3) is 0 Å². The molecule has 2 aromatic carbocycles. The number of rotatable bonds is 4. The van der Waals surface area contributed by atoms with Crippen LogP contribution >= 0.6 is 11.6 Å². The molecule has 0 atom stereocenters. The largest absolute Gasteiger partial charge is 0.397 e. The maximum Gasteiger partial charge on any atom is 0.213 e. The van der Waals surface area contributed by atoms with E-state index < -0.39 is 0 Å². The van der Waals surface area contributed by atoms with Crippen molar-refractivity contribution in [2.45, 2.75) is 0 Å². The molecule has 0 fully saturated rings. The minimum absolute atomic E-state index is 0.203. The zero-order chi connectivity index (χ0) is 14.7. The lowest BCUT2D eigenvalue weighted by Gasteiger charge is -2.11. The number of para-hydroxylation sites is 1. The lowest BCUT2D eigenvalue weighted by molar-refractivity contribution is -0.107. The van der Waals surface area contributed by atoms with Crippen LogP contribution in [0.2, 0.25) is 5.02 Å². The molecule has 0 saturated carbocycles. The van der Waals surface area contributed by atoms with Crippen molar-refractivity contribution < 1.29 is 9.59 Å². The van der Waals surface area contributed by atoms with Crippen molar-refractivity contribution in [1.82, 2.24) is 0 Å². The molecule has 2 N–H and O–H groups in total. The Labute approximate surface area is 121 Å². The Balaban J connectivity index is 2.34. The molecular formula is C15H13ClN2O2. The maximum atomic E-state index is 12.3. The van der Waals surface area contributed by atoms with Gasteiger partial charge in [-0.15, -0.1) is 0 Å². The number of nitrogens with zero attached hydrogens (tertiary/aromatic N) is 1. The number of benzene rings is 2. The molecule has 2 aromatic rings. The van der Waals surface area contributed by atoms with Crippen LogP contribution in [0.4, 0.5) is 11.4 Å². The number of nitrogen functional groups attached to an aromatic ring is 1. The molecule has 0 bridgehead atoms. The van der Waals surface area contributed by atoms with Crippen molar-refractivity contribution in [2.24, 2.45) is 0 Å². The fraction of sp³-hybridized carbons (Fsp3) is 0.0667. The van der Waals surface area contributed by atoms with Gasteiger partial charge in [-0.25, -0.2) is 0 Å². The Morgan fingerprint density at radius 2 is 1.85 bits per heavy atom. The third-order valence-corrected chi connectivity index (χ3v) is 3.32. The molecule has 1 amide bonds. The Morgan fingerprint density at radius 1 is 1.20 bits per heavy atom. The Bertz CT molecular complexity index is 653. The van der Waals surface area contributed by atoms with Gasteiger partial charge in [0.25, 0.3) is 0 Å². The highest BCUT2D eigenvalue weighted by atomic mass is 35.5. The molecule has 0 radical (unpaired) electrons. The Kier molecular flexibility index (Phi) is 4.05. The summed E-state index contributed by atoms with van der Waals surface area (Å²) in [5, 5.41) is 0.355. The van der Waals surface area contributed by atoms with Gasteiger partial charge in [0.2, 0.25) is 6.41 Å². The van der Waals surface area contributed by atoms with E-state index in [-0.39, 0.29) is 11.5 Å². The second kappa shape index (κ2) is 5.75. The van der Waals surface area contributed by atoms with Crippen molar-refractivity contribution >= 4 is 35.2 Å². The first-order chi connectivity index (χ1) is 9.54. The first-order valence-electron chi connectivity index (χ1n) is 5.91. The van der Waals surface area contributed by atoms with E-state index in [4.69, 9.17) is 17.3 Å². The monoisotopic (exact) mass is 288 g/mol. The summed E-state index contributed by atoms with van der Waals surface area (Å²) in [4.78, 5) is 24.4. The van der Waals surface area contributed by atoms with Gasteiger partial charge in [0.1, 0.15) is 0 Å². The number of halogens is 1. The third kappa shape index (κ3) is 2.65. The molecule has 0 aromatic heterocycles. The molecular weight excluding hydrogens is 276 g/mol. The second-order valence-corrected chi connectivity index (χ2v) is 4.70. The summed E-state index contributed by atoms with van der Waals surface area (Å²) < 4.78 is 0. The number of ketones is 1. The van der Waals surface area contributed by atoms with E-state index in [1.807, 2.05) is 0 Å². The van der Waals surface area contributed by atoms with Crippen molar-refractivity contribution in [1.29, 1.82) is 0 Å². The van der Waals surface area contributed by atoms with Gasteiger partial charge in [0.05, 0.1) is 10.7 Å². The number of carbonyl (C=O) groups excluding carboxylic acids is 2. The van der Waals surface area contributed by atoms with Gasteiger partial charge in [-0.2, -0.15) is 0 Å².